The van der Waals surface area contributed by atoms with Gasteiger partial charge in [0.15, 0.2) is 0 Å². The van der Waals surface area contributed by atoms with E-state index in [1.165, 1.54) is 24.3 Å². The van der Waals surface area contributed by atoms with Crippen molar-refractivity contribution in [3.05, 3.63) is 53.6 Å². The third-order valence-corrected chi connectivity index (χ3v) is 6.60. The predicted molar refractivity (Wildman–Crippen MR) is 109 cm³/mol. The van der Waals surface area contributed by atoms with Gasteiger partial charge in [0.2, 0.25) is 5.91 Å². The molecule has 0 unspecified atom stereocenters. The summed E-state index contributed by atoms with van der Waals surface area (Å²) in [6.45, 7) is 3.23. The molecule has 0 N–H and O–H groups in total. The van der Waals surface area contributed by atoms with Crippen LogP contribution in [0.25, 0.3) is 0 Å². The lowest BCUT2D eigenvalue weighted by Crippen LogP contribution is -2.42. The minimum Gasteiger partial charge on any atom is -0.492 e. The lowest BCUT2D eigenvalue weighted by Gasteiger charge is -2.27. The molecule has 1 saturated heterocycles. The third-order valence-electron chi connectivity index (χ3n) is 4.57. The van der Waals surface area contributed by atoms with Gasteiger partial charge in [0.1, 0.15) is 12.3 Å². The summed E-state index contributed by atoms with van der Waals surface area (Å²) >= 11 is 5.91. The van der Waals surface area contributed by atoms with Gasteiger partial charge in [0.25, 0.3) is 10.0 Å². The minimum atomic E-state index is -3.99. The highest BCUT2D eigenvalue weighted by atomic mass is 35.5. The van der Waals surface area contributed by atoms with Gasteiger partial charge in [-0.2, -0.15) is 0 Å². The smallest absolute Gasteiger partial charge is 0.264 e. The zero-order valence-electron chi connectivity index (χ0n) is 15.7. The molecule has 0 radical (unpaired) electrons. The fourth-order valence-electron chi connectivity index (χ4n) is 3.16. The molecule has 1 heterocycles. The predicted octanol–water partition coefficient (Wildman–Crippen LogP) is 3.56. The van der Waals surface area contributed by atoms with Crippen molar-refractivity contribution in [2.24, 2.45) is 0 Å². The van der Waals surface area contributed by atoms with Gasteiger partial charge < -0.3 is 9.64 Å². The maximum absolute atomic E-state index is 13.4. The molecule has 3 rings (SSSR count). The van der Waals surface area contributed by atoms with Gasteiger partial charge in [-0.05, 0) is 56.2 Å². The van der Waals surface area contributed by atoms with Gasteiger partial charge in [0.05, 0.1) is 17.2 Å². The van der Waals surface area contributed by atoms with E-state index in [2.05, 4.69) is 0 Å². The Kier molecular flexibility index (Phi) is 6.46. The molecule has 150 valence electrons. The number of nitrogens with zero attached hydrogens (tertiary/aromatic N) is 2. The van der Waals surface area contributed by atoms with Crippen molar-refractivity contribution in [1.29, 1.82) is 0 Å². The van der Waals surface area contributed by atoms with E-state index in [9.17, 15) is 13.2 Å². The standard InChI is InChI=1S/C20H23ClN2O4S/c1-2-27-19-8-4-3-7-18(19)23(15-20(24)22-13-5-6-14-22)28(25,26)17-11-9-16(21)10-12-17/h3-4,7-12H,2,5-6,13-15H2,1H3. The van der Waals surface area contributed by atoms with E-state index in [1.54, 1.807) is 29.2 Å². The summed E-state index contributed by atoms with van der Waals surface area (Å²) < 4.78 is 33.6. The molecule has 1 aliphatic rings. The number of hydrogen-bond donors (Lipinski definition) is 0. The van der Waals surface area contributed by atoms with Crippen molar-refractivity contribution in [2.75, 3.05) is 30.5 Å². The normalized spacial score (nSPS) is 14.1. The van der Waals surface area contributed by atoms with Gasteiger partial charge in [-0.25, -0.2) is 8.42 Å². The molecular formula is C20H23ClN2O4S. The fraction of sp³-hybridized carbons (Fsp3) is 0.350. The first-order chi connectivity index (χ1) is 13.4. The summed E-state index contributed by atoms with van der Waals surface area (Å²) in [5.74, 6) is 0.193. The maximum atomic E-state index is 13.4. The van der Waals surface area contributed by atoms with E-state index in [-0.39, 0.29) is 17.3 Å². The molecule has 1 amide bonds. The Morgan fingerprint density at radius 2 is 1.75 bits per heavy atom. The van der Waals surface area contributed by atoms with Crippen LogP contribution in [-0.4, -0.2) is 45.5 Å². The number of carbonyl (C=O) groups excluding carboxylic acids is 1. The van der Waals surface area contributed by atoms with Crippen molar-refractivity contribution >= 4 is 33.2 Å². The fourth-order valence-corrected chi connectivity index (χ4v) is 4.71. The number of benzene rings is 2. The quantitative estimate of drug-likeness (QED) is 0.684. The second kappa shape index (κ2) is 8.84. The van der Waals surface area contributed by atoms with Crippen molar-refractivity contribution < 1.29 is 17.9 Å². The molecule has 2 aromatic rings. The van der Waals surface area contributed by atoms with Crippen LogP contribution in [0.4, 0.5) is 5.69 Å². The number of carbonyl (C=O) groups is 1. The van der Waals surface area contributed by atoms with Crippen LogP contribution in [0.1, 0.15) is 19.8 Å². The van der Waals surface area contributed by atoms with Crippen LogP contribution in [0.5, 0.6) is 5.75 Å². The van der Waals surface area contributed by atoms with Crippen LogP contribution in [0.3, 0.4) is 0 Å². The first-order valence-corrected chi connectivity index (χ1v) is 11.0. The van der Waals surface area contributed by atoms with Crippen LogP contribution in [0.2, 0.25) is 5.02 Å². The molecule has 0 spiro atoms. The molecule has 28 heavy (non-hydrogen) atoms. The highest BCUT2D eigenvalue weighted by Gasteiger charge is 2.31. The van der Waals surface area contributed by atoms with Crippen LogP contribution in [0, 0.1) is 0 Å². The SMILES string of the molecule is CCOc1ccccc1N(CC(=O)N1CCCC1)S(=O)(=O)c1ccc(Cl)cc1. The molecule has 1 fully saturated rings. The number of sulfonamides is 1. The Morgan fingerprint density at radius 1 is 1.11 bits per heavy atom. The topological polar surface area (TPSA) is 66.9 Å². The molecule has 0 bridgehead atoms. The van der Waals surface area contributed by atoms with Crippen LogP contribution in [-0.2, 0) is 14.8 Å². The molecule has 0 aliphatic carbocycles. The zero-order chi connectivity index (χ0) is 20.1. The van der Waals surface area contributed by atoms with Crippen LogP contribution in [0.15, 0.2) is 53.4 Å². The molecular weight excluding hydrogens is 400 g/mol. The van der Waals surface area contributed by atoms with E-state index >= 15 is 0 Å². The van der Waals surface area contributed by atoms with Crippen LogP contribution >= 0.6 is 11.6 Å². The number of halogens is 1. The second-order valence-electron chi connectivity index (χ2n) is 6.45. The summed E-state index contributed by atoms with van der Waals surface area (Å²) in [5.41, 5.74) is 0.340. The molecule has 0 atom stereocenters. The molecule has 6 nitrogen and oxygen atoms in total. The molecule has 0 saturated carbocycles. The highest BCUT2D eigenvalue weighted by molar-refractivity contribution is 7.92. The third kappa shape index (κ3) is 4.42. The number of anilines is 1. The highest BCUT2D eigenvalue weighted by Crippen LogP contribution is 2.33. The summed E-state index contributed by atoms with van der Waals surface area (Å²) in [7, 11) is -3.99. The zero-order valence-corrected chi connectivity index (χ0v) is 17.2. The lowest BCUT2D eigenvalue weighted by atomic mass is 10.3. The van der Waals surface area contributed by atoms with Gasteiger partial charge in [-0.15, -0.1) is 0 Å². The largest absolute Gasteiger partial charge is 0.492 e. The van der Waals surface area contributed by atoms with E-state index in [1.807, 2.05) is 6.92 Å². The van der Waals surface area contributed by atoms with Crippen molar-refractivity contribution in [3.8, 4) is 5.75 Å². The monoisotopic (exact) mass is 422 g/mol. The number of para-hydroxylation sites is 2. The van der Waals surface area contributed by atoms with Crippen LogP contribution < -0.4 is 9.04 Å². The Balaban J connectivity index is 2.03. The summed E-state index contributed by atoms with van der Waals surface area (Å²) in [5, 5.41) is 0.438. The Hall–Kier alpha value is -2.25. The summed E-state index contributed by atoms with van der Waals surface area (Å²) in [6, 6.07) is 12.8. The molecule has 0 aromatic heterocycles. The first-order valence-electron chi connectivity index (χ1n) is 9.21. The second-order valence-corrected chi connectivity index (χ2v) is 8.75. The molecule has 8 heteroatoms. The Bertz CT molecular complexity index is 925. The summed E-state index contributed by atoms with van der Waals surface area (Å²) in [6.07, 6.45) is 1.87. The molecule has 2 aromatic carbocycles. The van der Waals surface area contributed by atoms with Gasteiger partial charge >= 0.3 is 0 Å². The van der Waals surface area contributed by atoms with Crippen molar-refractivity contribution in [1.82, 2.24) is 4.90 Å². The Labute approximate surface area is 170 Å². The Morgan fingerprint density at radius 3 is 2.39 bits per heavy atom. The van der Waals surface area contributed by atoms with Crippen molar-refractivity contribution in [2.45, 2.75) is 24.7 Å². The van der Waals surface area contributed by atoms with E-state index in [0.717, 1.165) is 17.1 Å². The van der Waals surface area contributed by atoms with E-state index in [4.69, 9.17) is 16.3 Å². The van der Waals surface area contributed by atoms with E-state index in [0.29, 0.717) is 36.2 Å². The number of ether oxygens (including phenoxy) is 1. The average molecular weight is 423 g/mol. The number of amides is 1. The first kappa shape index (κ1) is 20.5. The summed E-state index contributed by atoms with van der Waals surface area (Å²) in [4.78, 5) is 14.6. The van der Waals surface area contributed by atoms with Gasteiger partial charge in [-0.1, -0.05) is 23.7 Å². The average Bonchev–Trinajstić information content (AvgIpc) is 3.22. The minimum absolute atomic E-state index is 0.0671. The number of rotatable bonds is 7. The number of likely N-dealkylation sites (tertiary alicyclic amines) is 1. The molecule has 1 aliphatic heterocycles. The van der Waals surface area contributed by atoms with Gasteiger partial charge in [-0.3, -0.25) is 9.10 Å². The number of hydrogen-bond acceptors (Lipinski definition) is 4. The van der Waals surface area contributed by atoms with Crippen molar-refractivity contribution in [3.63, 3.8) is 0 Å². The van der Waals surface area contributed by atoms with Gasteiger partial charge in [0, 0.05) is 18.1 Å². The maximum Gasteiger partial charge on any atom is 0.264 e. The lowest BCUT2D eigenvalue weighted by molar-refractivity contribution is -0.128. The van der Waals surface area contributed by atoms with E-state index < -0.39 is 10.0 Å².